The number of rotatable bonds is 4. The summed E-state index contributed by atoms with van der Waals surface area (Å²) in [6, 6.07) is 2.70. The number of ketones is 1. The van der Waals surface area contributed by atoms with Gasteiger partial charge >= 0.3 is 5.69 Å². The van der Waals surface area contributed by atoms with Gasteiger partial charge in [0.2, 0.25) is 11.7 Å². The molecule has 1 aromatic rings. The number of nitro groups is 1. The number of phenolic OH excluding ortho intramolecular Hbond substituents is 1. The van der Waals surface area contributed by atoms with Crippen LogP contribution in [0.1, 0.15) is 51.5 Å². The van der Waals surface area contributed by atoms with Crippen LogP contribution in [-0.4, -0.2) is 28.3 Å². The molecule has 1 amide bonds. The van der Waals surface area contributed by atoms with Gasteiger partial charge in [-0.05, 0) is 30.4 Å². The minimum atomic E-state index is -0.703. The van der Waals surface area contributed by atoms with Crippen molar-refractivity contribution >= 4 is 17.4 Å². The highest BCUT2D eigenvalue weighted by molar-refractivity contribution is 6.02. The van der Waals surface area contributed by atoms with Crippen LogP contribution in [-0.2, 0) is 9.59 Å². The second kappa shape index (κ2) is 6.68. The molecule has 8 heteroatoms. The molecule has 0 saturated heterocycles. The molecule has 1 aliphatic carbocycles. The molecule has 1 atom stereocenters. The zero-order chi connectivity index (χ0) is 19.9. The van der Waals surface area contributed by atoms with E-state index in [1.807, 2.05) is 13.8 Å². The number of nitro benzene ring substituents is 1. The topological polar surface area (TPSA) is 119 Å². The average Bonchev–Trinajstić information content (AvgIpc) is 2.54. The summed E-state index contributed by atoms with van der Waals surface area (Å²) >= 11 is 0. The summed E-state index contributed by atoms with van der Waals surface area (Å²) < 4.78 is 5.33. The molecular formula is C19H22N2O6. The van der Waals surface area contributed by atoms with Crippen LogP contribution >= 0.6 is 0 Å². The van der Waals surface area contributed by atoms with Gasteiger partial charge in [0.25, 0.3) is 0 Å². The van der Waals surface area contributed by atoms with Gasteiger partial charge in [-0.1, -0.05) is 13.8 Å². The molecule has 0 fully saturated rings. The van der Waals surface area contributed by atoms with Crippen LogP contribution in [0, 0.1) is 15.5 Å². The van der Waals surface area contributed by atoms with E-state index in [0.717, 1.165) is 0 Å². The largest absolute Gasteiger partial charge is 0.500 e. The fourth-order valence-corrected chi connectivity index (χ4v) is 3.86. The van der Waals surface area contributed by atoms with E-state index in [1.54, 1.807) is 6.92 Å². The van der Waals surface area contributed by atoms with Crippen molar-refractivity contribution in [3.05, 3.63) is 39.1 Å². The lowest BCUT2D eigenvalue weighted by Gasteiger charge is -2.37. The first-order valence-electron chi connectivity index (χ1n) is 8.83. The first kappa shape index (κ1) is 18.9. The second-order valence-electron chi connectivity index (χ2n) is 7.71. The monoisotopic (exact) mass is 374 g/mol. The Morgan fingerprint density at radius 1 is 1.33 bits per heavy atom. The number of carbonyl (C=O) groups excluding carboxylic acids is 2. The summed E-state index contributed by atoms with van der Waals surface area (Å²) in [6.07, 6.45) is 0.907. The third-order valence-corrected chi connectivity index (χ3v) is 4.92. The summed E-state index contributed by atoms with van der Waals surface area (Å²) in [5, 5.41) is 24.2. The van der Waals surface area contributed by atoms with E-state index in [-0.39, 0.29) is 35.9 Å². The summed E-state index contributed by atoms with van der Waals surface area (Å²) in [7, 11) is 0. The molecule has 0 spiro atoms. The summed E-state index contributed by atoms with van der Waals surface area (Å²) in [5.74, 6) is -1.50. The van der Waals surface area contributed by atoms with E-state index in [0.29, 0.717) is 29.7 Å². The number of nitrogens with zero attached hydrogens (tertiary/aromatic N) is 1. The number of phenols is 1. The van der Waals surface area contributed by atoms with Crippen molar-refractivity contribution < 1.29 is 24.4 Å². The number of nitrogens with one attached hydrogen (secondary N) is 1. The molecule has 0 saturated carbocycles. The minimum Gasteiger partial charge on any atom is -0.500 e. The first-order valence-corrected chi connectivity index (χ1v) is 8.83. The third kappa shape index (κ3) is 3.51. The smallest absolute Gasteiger partial charge is 0.314 e. The molecule has 0 radical (unpaired) electrons. The van der Waals surface area contributed by atoms with Crippen molar-refractivity contribution in [2.24, 2.45) is 5.41 Å². The lowest BCUT2D eigenvalue weighted by molar-refractivity contribution is -0.386. The standard InChI is InChI=1S/C19H22N2O6/c1-4-27-15-6-10(5-13(18(15)24)21(25)26)11-7-16(23)20-12-8-19(2,3)9-14(22)17(11)12/h5-6,11,24H,4,7-9H2,1-3H3,(H,20,23)/t11-/m1/s1. The van der Waals surface area contributed by atoms with Crippen LogP contribution in [0.3, 0.4) is 0 Å². The summed E-state index contributed by atoms with van der Waals surface area (Å²) in [6.45, 7) is 5.83. The van der Waals surface area contributed by atoms with Crippen molar-refractivity contribution in [3.8, 4) is 11.5 Å². The van der Waals surface area contributed by atoms with Crippen molar-refractivity contribution in [2.45, 2.75) is 46.0 Å². The van der Waals surface area contributed by atoms with Crippen LogP contribution in [0.4, 0.5) is 5.69 Å². The number of benzene rings is 1. The number of Topliss-reactive ketones (excluding diaryl/α,β-unsaturated/α-hetero) is 1. The third-order valence-electron chi connectivity index (χ3n) is 4.92. The Labute approximate surface area is 156 Å². The van der Waals surface area contributed by atoms with E-state index in [2.05, 4.69) is 5.32 Å². The Kier molecular flexibility index (Phi) is 4.67. The van der Waals surface area contributed by atoms with Gasteiger partial charge in [0.05, 0.1) is 11.5 Å². The minimum absolute atomic E-state index is 0.0124. The summed E-state index contributed by atoms with van der Waals surface area (Å²) in [5.41, 5.74) is 0.733. The second-order valence-corrected chi connectivity index (χ2v) is 7.71. The molecule has 2 aliphatic rings. The van der Waals surface area contributed by atoms with Crippen LogP contribution in [0.15, 0.2) is 23.4 Å². The summed E-state index contributed by atoms with van der Waals surface area (Å²) in [4.78, 5) is 35.7. The molecule has 144 valence electrons. The van der Waals surface area contributed by atoms with Gasteiger partial charge in [0.1, 0.15) is 0 Å². The molecule has 0 aromatic heterocycles. The number of ether oxygens (including phenoxy) is 1. The Hall–Kier alpha value is -2.90. The number of carbonyl (C=O) groups is 2. The molecular weight excluding hydrogens is 352 g/mol. The highest BCUT2D eigenvalue weighted by Crippen LogP contribution is 2.47. The van der Waals surface area contributed by atoms with E-state index >= 15 is 0 Å². The molecule has 1 heterocycles. The zero-order valence-corrected chi connectivity index (χ0v) is 15.5. The number of allylic oxidation sites excluding steroid dienone is 2. The number of amides is 1. The normalized spacial score (nSPS) is 21.5. The van der Waals surface area contributed by atoms with E-state index < -0.39 is 22.3 Å². The van der Waals surface area contributed by atoms with E-state index in [9.17, 15) is 24.8 Å². The highest BCUT2D eigenvalue weighted by Gasteiger charge is 2.41. The number of hydrogen-bond acceptors (Lipinski definition) is 6. The molecule has 1 aliphatic heterocycles. The van der Waals surface area contributed by atoms with Crippen molar-refractivity contribution in [2.75, 3.05) is 6.61 Å². The number of hydrogen-bond donors (Lipinski definition) is 2. The highest BCUT2D eigenvalue weighted by atomic mass is 16.6. The molecule has 2 N–H and O–H groups in total. The molecule has 1 aromatic carbocycles. The van der Waals surface area contributed by atoms with Crippen molar-refractivity contribution in [3.63, 3.8) is 0 Å². The molecule has 0 unspecified atom stereocenters. The van der Waals surface area contributed by atoms with Crippen molar-refractivity contribution in [1.82, 2.24) is 5.32 Å². The Bertz CT molecular complexity index is 871. The van der Waals surface area contributed by atoms with Gasteiger partial charge in [-0.15, -0.1) is 0 Å². The number of aromatic hydroxyl groups is 1. The Morgan fingerprint density at radius 3 is 2.67 bits per heavy atom. The molecule has 27 heavy (non-hydrogen) atoms. The lowest BCUT2D eigenvalue weighted by atomic mass is 9.70. The predicted molar refractivity (Wildman–Crippen MR) is 96.5 cm³/mol. The maximum absolute atomic E-state index is 12.8. The maximum atomic E-state index is 12.8. The van der Waals surface area contributed by atoms with Crippen LogP contribution in [0.5, 0.6) is 11.5 Å². The molecule has 3 rings (SSSR count). The Morgan fingerprint density at radius 2 is 2.04 bits per heavy atom. The molecule has 8 nitrogen and oxygen atoms in total. The van der Waals surface area contributed by atoms with E-state index in [1.165, 1.54) is 12.1 Å². The maximum Gasteiger partial charge on any atom is 0.314 e. The fraction of sp³-hybridized carbons (Fsp3) is 0.474. The fourth-order valence-electron chi connectivity index (χ4n) is 3.86. The lowest BCUT2D eigenvalue weighted by Crippen LogP contribution is -2.40. The SMILES string of the molecule is CCOc1cc([C@H]2CC(=O)NC3=C2C(=O)CC(C)(C)C3)cc([N+](=O)[O-])c1O. The van der Waals surface area contributed by atoms with Crippen LogP contribution < -0.4 is 10.1 Å². The first-order chi connectivity index (χ1) is 12.6. The van der Waals surface area contributed by atoms with Gasteiger partial charge < -0.3 is 15.2 Å². The van der Waals surface area contributed by atoms with E-state index in [4.69, 9.17) is 4.74 Å². The van der Waals surface area contributed by atoms with Gasteiger partial charge in [0.15, 0.2) is 11.5 Å². The van der Waals surface area contributed by atoms with Gasteiger partial charge in [0, 0.05) is 36.1 Å². The molecule has 0 bridgehead atoms. The van der Waals surface area contributed by atoms with Gasteiger partial charge in [-0.3, -0.25) is 19.7 Å². The van der Waals surface area contributed by atoms with Crippen LogP contribution in [0.2, 0.25) is 0 Å². The van der Waals surface area contributed by atoms with Gasteiger partial charge in [-0.2, -0.15) is 0 Å². The quantitative estimate of drug-likeness (QED) is 0.618. The van der Waals surface area contributed by atoms with Gasteiger partial charge in [-0.25, -0.2) is 0 Å². The predicted octanol–water partition coefficient (Wildman–Crippen LogP) is 2.95. The van der Waals surface area contributed by atoms with Crippen LogP contribution in [0.25, 0.3) is 0 Å². The average molecular weight is 374 g/mol. The van der Waals surface area contributed by atoms with Crippen molar-refractivity contribution in [1.29, 1.82) is 0 Å². The Balaban J connectivity index is 2.16. The zero-order valence-electron chi connectivity index (χ0n) is 15.5.